The van der Waals surface area contributed by atoms with E-state index in [0.717, 1.165) is 54.3 Å². The third-order valence-electron chi connectivity index (χ3n) is 10.5. The van der Waals surface area contributed by atoms with Gasteiger partial charge in [-0.05, 0) is 93.2 Å². The van der Waals surface area contributed by atoms with Gasteiger partial charge in [-0.2, -0.15) is 0 Å². The van der Waals surface area contributed by atoms with E-state index >= 15 is 0 Å². The molecule has 3 fully saturated rings. The van der Waals surface area contributed by atoms with Gasteiger partial charge in [0.1, 0.15) is 6.10 Å². The Morgan fingerprint density at radius 3 is 2.78 bits per heavy atom. The molecule has 1 N–H and O–H groups in total. The number of piperidine rings is 1. The Kier molecular flexibility index (Phi) is 6.41. The molecule has 2 bridgehead atoms. The molecule has 5 aliphatic rings. The second kappa shape index (κ2) is 9.78. The fraction of sp³-hybridized carbons (Fsp3) is 0.571. The first-order valence-electron chi connectivity index (χ1n) is 15.5. The monoisotopic (exact) mass is 554 g/mol. The van der Waals surface area contributed by atoms with Gasteiger partial charge in [0.05, 0.1) is 24.2 Å². The number of methoxy groups -OCH3 is 1. The summed E-state index contributed by atoms with van der Waals surface area (Å²) >= 11 is 0. The van der Waals surface area contributed by atoms with Crippen molar-refractivity contribution in [3.63, 3.8) is 0 Å². The molecular weight excluding hydrogens is 512 g/mol. The number of rotatable bonds is 6. The summed E-state index contributed by atoms with van der Waals surface area (Å²) in [6.07, 6.45) is 5.23. The van der Waals surface area contributed by atoms with Gasteiger partial charge in [-0.1, -0.05) is 38.0 Å². The molecule has 1 spiro atoms. The lowest BCUT2D eigenvalue weighted by Gasteiger charge is -2.64. The minimum absolute atomic E-state index is 0.0612. The van der Waals surface area contributed by atoms with Crippen LogP contribution in [0.25, 0.3) is 0 Å². The molecule has 7 rings (SSSR count). The molecule has 3 aliphatic carbocycles. The highest BCUT2D eigenvalue weighted by Crippen LogP contribution is 2.66. The first kappa shape index (κ1) is 26.9. The van der Waals surface area contributed by atoms with Gasteiger partial charge in [0, 0.05) is 36.2 Å². The van der Waals surface area contributed by atoms with Gasteiger partial charge in [-0.15, -0.1) is 0 Å². The maximum atomic E-state index is 13.9. The highest BCUT2D eigenvalue weighted by molar-refractivity contribution is 5.94. The molecule has 2 aromatic rings. The Hall–Kier alpha value is -3.01. The van der Waals surface area contributed by atoms with Crippen LogP contribution in [0.2, 0.25) is 0 Å². The molecule has 6 heteroatoms. The molecule has 1 amide bonds. The molecule has 216 valence electrons. The van der Waals surface area contributed by atoms with Crippen LogP contribution in [0.3, 0.4) is 0 Å². The number of hydrogen-bond donors (Lipinski definition) is 1. The molecule has 0 unspecified atom stereocenters. The summed E-state index contributed by atoms with van der Waals surface area (Å²) in [7, 11) is 1.68. The topological polar surface area (TPSA) is 62.2 Å². The van der Waals surface area contributed by atoms with Gasteiger partial charge in [-0.25, -0.2) is 0 Å². The fourth-order valence-electron chi connectivity index (χ4n) is 8.61. The lowest BCUT2D eigenvalue weighted by atomic mass is 9.48. The lowest BCUT2D eigenvalue weighted by molar-refractivity contribution is -0.201. The number of nitrogens with zero attached hydrogens (tertiary/aromatic N) is 2. The largest absolute Gasteiger partial charge is 0.493 e. The second-order valence-electron chi connectivity index (χ2n) is 13.6. The summed E-state index contributed by atoms with van der Waals surface area (Å²) in [4.78, 5) is 18.5. The molecule has 5 atom stereocenters. The van der Waals surface area contributed by atoms with Gasteiger partial charge in [0.2, 0.25) is 0 Å². The van der Waals surface area contributed by atoms with E-state index in [9.17, 15) is 9.90 Å². The van der Waals surface area contributed by atoms with Crippen LogP contribution in [-0.2, 0) is 16.6 Å². The van der Waals surface area contributed by atoms with Crippen molar-refractivity contribution in [3.8, 4) is 23.3 Å². The van der Waals surface area contributed by atoms with E-state index in [0.29, 0.717) is 25.1 Å². The Bertz CT molecular complexity index is 1440. The Balaban J connectivity index is 1.30. The van der Waals surface area contributed by atoms with Crippen LogP contribution in [0.4, 0.5) is 0 Å². The van der Waals surface area contributed by atoms with E-state index in [4.69, 9.17) is 9.47 Å². The fourth-order valence-corrected chi connectivity index (χ4v) is 8.61. The highest BCUT2D eigenvalue weighted by Gasteiger charge is 2.73. The van der Waals surface area contributed by atoms with Crippen molar-refractivity contribution in [2.75, 3.05) is 26.7 Å². The minimum Gasteiger partial charge on any atom is -0.493 e. The zero-order valence-electron chi connectivity index (χ0n) is 24.8. The number of aliphatic hydroxyl groups is 1. The first-order chi connectivity index (χ1) is 19.7. The standard InChI is InChI=1S/C35H42N2O4/c1-22(2)20-37(30(38)13-10-24-7-5-6-23(3)18-24)27-14-15-35(39)29-19-26-11-12-28(40-4)32-31(26)34(35,33(27)41-32)16-17-36(29)21-25-8-9-25/h5-7,11-12,18,22,25,27,29,33,39H,8-9,14-17,19-21H2,1-4H3/t27-,29-,33+,34+,35-/m1/s1. The normalized spacial score (nSPS) is 31.1. The maximum Gasteiger partial charge on any atom is 0.299 e. The molecule has 6 nitrogen and oxygen atoms in total. The van der Waals surface area contributed by atoms with Crippen molar-refractivity contribution >= 4 is 5.91 Å². The molecule has 1 saturated heterocycles. The van der Waals surface area contributed by atoms with Gasteiger partial charge in [0.25, 0.3) is 5.91 Å². The van der Waals surface area contributed by atoms with Crippen molar-refractivity contribution in [1.82, 2.24) is 9.80 Å². The van der Waals surface area contributed by atoms with Crippen LogP contribution < -0.4 is 9.47 Å². The first-order valence-corrected chi connectivity index (χ1v) is 15.5. The molecule has 41 heavy (non-hydrogen) atoms. The zero-order valence-corrected chi connectivity index (χ0v) is 24.8. The summed E-state index contributed by atoms with van der Waals surface area (Å²) in [6, 6.07) is 12.0. The van der Waals surface area contributed by atoms with Crippen LogP contribution in [0.5, 0.6) is 11.5 Å². The van der Waals surface area contributed by atoms with E-state index < -0.39 is 11.0 Å². The van der Waals surface area contributed by atoms with Crippen LogP contribution in [-0.4, -0.2) is 71.3 Å². The number of hydrogen-bond acceptors (Lipinski definition) is 5. The smallest absolute Gasteiger partial charge is 0.299 e. The number of aryl methyl sites for hydroxylation is 1. The molecule has 2 aromatic carbocycles. The SMILES string of the molecule is COc1ccc2c3c1O[C@H]1[C@H](N(CC(C)C)C(=O)C#Cc4cccc(C)c4)CC[C@@]4(O)[C@@H](C2)N(CC2CC2)CC[C@]314. The Labute approximate surface area is 244 Å². The molecule has 0 aromatic heterocycles. The third kappa shape index (κ3) is 4.11. The van der Waals surface area contributed by atoms with Crippen LogP contribution in [0, 0.1) is 30.6 Å². The van der Waals surface area contributed by atoms with Gasteiger partial charge >= 0.3 is 0 Å². The van der Waals surface area contributed by atoms with Crippen LogP contribution in [0.1, 0.15) is 68.2 Å². The van der Waals surface area contributed by atoms with E-state index in [1.165, 1.54) is 18.4 Å². The Morgan fingerprint density at radius 1 is 1.22 bits per heavy atom. The second-order valence-corrected chi connectivity index (χ2v) is 13.6. The molecule has 2 saturated carbocycles. The minimum atomic E-state index is -0.911. The number of ether oxygens (including phenoxy) is 2. The third-order valence-corrected chi connectivity index (χ3v) is 10.5. The van der Waals surface area contributed by atoms with Gasteiger partial charge < -0.3 is 19.5 Å². The predicted octanol–water partition coefficient (Wildman–Crippen LogP) is 4.47. The summed E-state index contributed by atoms with van der Waals surface area (Å²) in [5.74, 6) is 8.45. The van der Waals surface area contributed by atoms with Crippen molar-refractivity contribution < 1.29 is 19.4 Å². The van der Waals surface area contributed by atoms with Gasteiger partial charge in [0.15, 0.2) is 11.5 Å². The van der Waals surface area contributed by atoms with E-state index in [1.807, 2.05) is 42.2 Å². The van der Waals surface area contributed by atoms with Gasteiger partial charge in [-0.3, -0.25) is 9.69 Å². The number of carbonyl (C=O) groups is 1. The molecule has 2 aliphatic heterocycles. The average Bonchev–Trinajstić information content (AvgIpc) is 3.69. The summed E-state index contributed by atoms with van der Waals surface area (Å²) in [5, 5.41) is 12.9. The summed E-state index contributed by atoms with van der Waals surface area (Å²) in [6.45, 7) is 8.93. The van der Waals surface area contributed by atoms with Crippen molar-refractivity contribution in [2.45, 2.75) is 88.5 Å². The number of likely N-dealkylation sites (tertiary alicyclic amines) is 1. The number of benzene rings is 2. The number of amides is 1. The maximum absolute atomic E-state index is 13.9. The Morgan fingerprint density at radius 2 is 2.05 bits per heavy atom. The average molecular weight is 555 g/mol. The molecule has 0 radical (unpaired) electrons. The summed E-state index contributed by atoms with van der Waals surface area (Å²) in [5.41, 5.74) is 2.88. The zero-order chi connectivity index (χ0) is 28.5. The van der Waals surface area contributed by atoms with Crippen molar-refractivity contribution in [3.05, 3.63) is 58.7 Å². The van der Waals surface area contributed by atoms with Crippen LogP contribution >= 0.6 is 0 Å². The predicted molar refractivity (Wildman–Crippen MR) is 158 cm³/mol. The van der Waals surface area contributed by atoms with E-state index in [-0.39, 0.29) is 30.0 Å². The van der Waals surface area contributed by atoms with E-state index in [2.05, 4.69) is 36.7 Å². The highest BCUT2D eigenvalue weighted by atomic mass is 16.5. The molecular formula is C35H42N2O4. The van der Waals surface area contributed by atoms with Crippen LogP contribution in [0.15, 0.2) is 36.4 Å². The summed E-state index contributed by atoms with van der Waals surface area (Å²) < 4.78 is 12.8. The number of carbonyl (C=O) groups excluding carboxylic acids is 1. The van der Waals surface area contributed by atoms with Crippen molar-refractivity contribution in [1.29, 1.82) is 0 Å². The van der Waals surface area contributed by atoms with E-state index in [1.54, 1.807) is 7.11 Å². The molecule has 2 heterocycles. The van der Waals surface area contributed by atoms with Crippen molar-refractivity contribution in [2.24, 2.45) is 11.8 Å². The quantitative estimate of drug-likeness (QED) is 0.534. The lowest BCUT2D eigenvalue weighted by Crippen LogP contribution is -2.78.